The molecule has 0 N–H and O–H groups in total. The van der Waals surface area contributed by atoms with Gasteiger partial charge in [-0.1, -0.05) is 311 Å². The smallest absolute Gasteiger partial charge is 0.0242 e. The second kappa shape index (κ2) is 30.3. The summed E-state index contributed by atoms with van der Waals surface area (Å²) in [5, 5.41) is 0. The van der Waals surface area contributed by atoms with E-state index in [1.165, 1.54) is 33.4 Å². The fourth-order valence-electron chi connectivity index (χ4n) is 14.4. The first-order valence-corrected chi connectivity index (χ1v) is 34.3. The molecule has 0 saturated carbocycles. The molecule has 14 aromatic carbocycles. The minimum atomic E-state index is 0. The number of pyridine rings is 2. The van der Waals surface area contributed by atoms with Gasteiger partial charge in [-0.2, -0.15) is 0 Å². The fraction of sp³-hybridized carbons (Fsp3) is 0.0408. The number of hydrogen-bond donors (Lipinski definition) is 0. The van der Waals surface area contributed by atoms with Gasteiger partial charge >= 0.3 is 0 Å². The van der Waals surface area contributed by atoms with E-state index in [1.807, 2.05) is 12.4 Å². The Balaban J connectivity index is 0.00000441. The Labute approximate surface area is 626 Å². The average Bonchev–Trinajstić information content (AvgIpc) is 0.751. The largest absolute Gasteiger partial charge is 0.304 e. The zero-order chi connectivity index (χ0) is 67.5. The van der Waals surface area contributed by atoms with Crippen LogP contribution in [0.4, 0.5) is 0 Å². The zero-order valence-electron chi connectivity index (χ0n) is 57.0. The van der Waals surface area contributed by atoms with Crippen LogP contribution in [0, 0.1) is 39.8 Å². The minimum Gasteiger partial charge on any atom is -0.304 e. The molecular weight excluding hydrogens is 1590 g/mol. The standard InChI is InChI=1S/C98H70N2.2Ir/c1-65-48-66(2)50-87(49-65)98-90(88-46-44-79(96-51-67(3)94(63-99-96)73-34-19-9-20-35-73)61-92(88)77-40-23-38-75(53-77)85-57-81(69-26-11-5-12-27-69)55-82(58-85)70-28-13-6-14-29-70)42-25-43-91(98)89-47-45-80(97-52-68(4)95(64-100-97)74-36-21-10-22-37-74)62-93(89)78-41-24-39-76(54-78)86-59-83(71-30-15-7-16-31-71)56-84(60-86)72-32-17-8-18-33-72;;/h5-43,46-64H,1-4H3;;/q-2;;. The summed E-state index contributed by atoms with van der Waals surface area (Å²) in [6, 6.07) is 131. The predicted octanol–water partition coefficient (Wildman–Crippen LogP) is 26.3. The Morgan fingerprint density at radius 3 is 0.824 bits per heavy atom. The van der Waals surface area contributed by atoms with E-state index in [2.05, 4.69) is 380 Å². The van der Waals surface area contributed by atoms with Crippen LogP contribution >= 0.6 is 0 Å². The Hall–Kier alpha value is -11.3. The van der Waals surface area contributed by atoms with E-state index in [0.29, 0.717) is 0 Å². The van der Waals surface area contributed by atoms with Gasteiger partial charge in [-0.15, -0.1) is 47.5 Å². The fourth-order valence-corrected chi connectivity index (χ4v) is 14.4. The van der Waals surface area contributed by atoms with Crippen molar-refractivity contribution in [2.45, 2.75) is 27.7 Å². The van der Waals surface area contributed by atoms with E-state index in [9.17, 15) is 0 Å². The number of aryl methyl sites for hydroxylation is 4. The van der Waals surface area contributed by atoms with Crippen LogP contribution < -0.4 is 0 Å². The number of rotatable bonds is 15. The Morgan fingerprint density at radius 1 is 0.206 bits per heavy atom. The molecule has 16 aromatic rings. The molecule has 0 aliphatic heterocycles. The summed E-state index contributed by atoms with van der Waals surface area (Å²) in [5.41, 5.74) is 37.3. The minimum absolute atomic E-state index is 0. The van der Waals surface area contributed by atoms with Crippen molar-refractivity contribution in [3.8, 4) is 167 Å². The van der Waals surface area contributed by atoms with Crippen LogP contribution in [0.5, 0.6) is 0 Å². The van der Waals surface area contributed by atoms with Gasteiger partial charge in [0, 0.05) is 63.7 Å². The third-order valence-electron chi connectivity index (χ3n) is 19.3. The summed E-state index contributed by atoms with van der Waals surface area (Å²) in [7, 11) is 0. The second-order valence-electron chi connectivity index (χ2n) is 26.2. The molecule has 0 atom stereocenters. The maximum atomic E-state index is 5.22. The summed E-state index contributed by atoms with van der Waals surface area (Å²) < 4.78 is 0. The zero-order valence-corrected chi connectivity index (χ0v) is 61.8. The number of aromatic nitrogens is 2. The van der Waals surface area contributed by atoms with Crippen molar-refractivity contribution < 1.29 is 40.2 Å². The van der Waals surface area contributed by atoms with Gasteiger partial charge in [0.05, 0.1) is 0 Å². The van der Waals surface area contributed by atoms with Gasteiger partial charge in [0.25, 0.3) is 0 Å². The molecule has 2 nitrogen and oxygen atoms in total. The van der Waals surface area contributed by atoms with Crippen LogP contribution in [0.25, 0.3) is 167 Å². The van der Waals surface area contributed by atoms with Crippen molar-refractivity contribution in [3.05, 3.63) is 386 Å². The van der Waals surface area contributed by atoms with Crippen molar-refractivity contribution in [1.29, 1.82) is 0 Å². The molecule has 2 heterocycles. The van der Waals surface area contributed by atoms with Gasteiger partial charge in [-0.05, 0) is 199 Å². The molecule has 0 aliphatic carbocycles. The van der Waals surface area contributed by atoms with Gasteiger partial charge in [0.2, 0.25) is 0 Å². The summed E-state index contributed by atoms with van der Waals surface area (Å²) in [5.74, 6) is 0. The van der Waals surface area contributed by atoms with E-state index in [4.69, 9.17) is 9.97 Å². The monoisotopic (exact) mass is 1660 g/mol. The van der Waals surface area contributed by atoms with Crippen LogP contribution in [-0.4, -0.2) is 9.97 Å². The van der Waals surface area contributed by atoms with Crippen LogP contribution in [0.3, 0.4) is 0 Å². The van der Waals surface area contributed by atoms with E-state index < -0.39 is 0 Å². The van der Waals surface area contributed by atoms with E-state index in [-0.39, 0.29) is 40.2 Å². The molecule has 0 bridgehead atoms. The number of nitrogens with zero attached hydrogens (tertiary/aromatic N) is 2. The van der Waals surface area contributed by atoms with E-state index >= 15 is 0 Å². The quantitative estimate of drug-likeness (QED) is 0.0956. The summed E-state index contributed by atoms with van der Waals surface area (Å²) >= 11 is 0. The first-order chi connectivity index (χ1) is 49.2. The summed E-state index contributed by atoms with van der Waals surface area (Å²) in [6.45, 7) is 8.78. The molecule has 0 saturated heterocycles. The van der Waals surface area contributed by atoms with Crippen molar-refractivity contribution in [2.24, 2.45) is 0 Å². The average molecular weight is 1660 g/mol. The third-order valence-corrected chi connectivity index (χ3v) is 19.3. The normalized spacial score (nSPS) is 11.0. The Kier molecular flexibility index (Phi) is 20.1. The van der Waals surface area contributed by atoms with Gasteiger partial charge in [0.15, 0.2) is 0 Å². The molecule has 4 heteroatoms. The van der Waals surface area contributed by atoms with Crippen LogP contribution in [0.15, 0.2) is 352 Å². The van der Waals surface area contributed by atoms with Crippen molar-refractivity contribution in [1.82, 2.24) is 9.97 Å². The van der Waals surface area contributed by atoms with Crippen molar-refractivity contribution in [3.63, 3.8) is 0 Å². The Morgan fingerprint density at radius 2 is 0.490 bits per heavy atom. The molecule has 0 fully saturated rings. The van der Waals surface area contributed by atoms with Crippen LogP contribution in [0.1, 0.15) is 22.3 Å². The number of benzene rings is 14. The predicted molar refractivity (Wildman–Crippen MR) is 420 cm³/mol. The first kappa shape index (κ1) is 67.8. The number of hydrogen-bond acceptors (Lipinski definition) is 2. The SMILES string of the molecule is Cc1cc(C)cc(-c2c(-c3c[c-]c(-c4cc(C)c(-c5ccccc5)cn4)cc3-c3cccc(-c4cc(-c5ccccc5)cc(-c5ccccc5)c4)c3)cccc2-c2c[c-]c(-c3cc(C)c(-c4ccccc4)cn3)cc2-c2cccc(-c3cc(-c4ccccc4)cc(-c4ccccc4)c3)c2)c1.[Ir].[Ir]. The van der Waals surface area contributed by atoms with E-state index in [0.717, 1.165) is 156 Å². The summed E-state index contributed by atoms with van der Waals surface area (Å²) in [6.07, 6.45) is 4.04. The molecule has 16 rings (SSSR count). The van der Waals surface area contributed by atoms with Gasteiger partial charge < -0.3 is 9.97 Å². The molecule has 0 amide bonds. The molecule has 0 unspecified atom stereocenters. The maximum Gasteiger partial charge on any atom is 0.0242 e. The molecule has 102 heavy (non-hydrogen) atoms. The first-order valence-electron chi connectivity index (χ1n) is 34.3. The van der Waals surface area contributed by atoms with Crippen LogP contribution in [-0.2, 0) is 40.2 Å². The molecule has 0 aliphatic rings. The van der Waals surface area contributed by atoms with Crippen LogP contribution in [0.2, 0.25) is 0 Å². The van der Waals surface area contributed by atoms with Gasteiger partial charge in [-0.25, -0.2) is 0 Å². The Bertz CT molecular complexity index is 5220. The molecule has 2 radical (unpaired) electrons. The maximum absolute atomic E-state index is 5.22. The van der Waals surface area contributed by atoms with Crippen molar-refractivity contribution in [2.75, 3.05) is 0 Å². The molecule has 0 spiro atoms. The summed E-state index contributed by atoms with van der Waals surface area (Å²) in [4.78, 5) is 10.4. The second-order valence-corrected chi connectivity index (χ2v) is 26.2. The van der Waals surface area contributed by atoms with Gasteiger partial charge in [-0.3, -0.25) is 0 Å². The van der Waals surface area contributed by atoms with Crippen molar-refractivity contribution >= 4 is 0 Å². The van der Waals surface area contributed by atoms with Gasteiger partial charge in [0.1, 0.15) is 0 Å². The molecule has 492 valence electrons. The molecular formula is C98H70Ir2N2-2. The third kappa shape index (κ3) is 14.3. The topological polar surface area (TPSA) is 25.8 Å². The van der Waals surface area contributed by atoms with E-state index in [1.54, 1.807) is 0 Å². The molecule has 2 aromatic heterocycles.